The summed E-state index contributed by atoms with van der Waals surface area (Å²) in [5, 5.41) is 14.2. The Balaban J connectivity index is 2.35. The summed E-state index contributed by atoms with van der Waals surface area (Å²) in [6.45, 7) is 5.18. The normalized spacial score (nSPS) is 11.7. The number of ether oxygens (including phenoxy) is 1. The molecule has 0 saturated heterocycles. The predicted molar refractivity (Wildman–Crippen MR) is 74.7 cm³/mol. The molecule has 1 aromatic carbocycles. The molecular formula is C14H20N2O4. The summed E-state index contributed by atoms with van der Waals surface area (Å²) in [6, 6.07) is 6.02. The summed E-state index contributed by atoms with van der Waals surface area (Å²) in [5.41, 5.74) is 1.06. The number of carboxylic acid groups (broad SMARTS) is 1. The van der Waals surface area contributed by atoms with Gasteiger partial charge in [-0.15, -0.1) is 0 Å². The third kappa shape index (κ3) is 5.71. The number of rotatable bonds is 7. The van der Waals surface area contributed by atoms with E-state index in [0.717, 1.165) is 5.56 Å². The molecule has 6 heteroatoms. The van der Waals surface area contributed by atoms with Gasteiger partial charge in [-0.05, 0) is 31.5 Å². The number of urea groups is 1. The number of benzene rings is 1. The second-order valence-corrected chi connectivity index (χ2v) is 4.39. The fourth-order valence-corrected chi connectivity index (χ4v) is 1.56. The topological polar surface area (TPSA) is 87.7 Å². The molecule has 0 heterocycles. The van der Waals surface area contributed by atoms with Gasteiger partial charge in [-0.3, -0.25) is 0 Å². The Morgan fingerprint density at radius 1 is 1.30 bits per heavy atom. The number of amides is 2. The molecule has 0 aromatic heterocycles. The Hall–Kier alpha value is -2.08. The molecule has 0 aliphatic rings. The van der Waals surface area contributed by atoms with Crippen LogP contribution in [0.2, 0.25) is 0 Å². The standard InChI is InChI=1S/C14H20N2O4/c1-3-20-9-10(2)16-14(19)15-8-11-4-6-12(7-5-11)13(17)18/h4-7,10H,3,8-9H2,1-2H3,(H,17,18)(H2,15,16,19)/t10-/m0/s1. The number of hydrogen-bond acceptors (Lipinski definition) is 3. The van der Waals surface area contributed by atoms with Crippen LogP contribution in [0.1, 0.15) is 29.8 Å². The van der Waals surface area contributed by atoms with E-state index in [1.165, 1.54) is 12.1 Å². The minimum Gasteiger partial charge on any atom is -0.478 e. The van der Waals surface area contributed by atoms with Crippen LogP contribution in [0.4, 0.5) is 4.79 Å². The molecule has 0 spiro atoms. The van der Waals surface area contributed by atoms with Crippen molar-refractivity contribution in [1.82, 2.24) is 10.6 Å². The van der Waals surface area contributed by atoms with Gasteiger partial charge in [-0.2, -0.15) is 0 Å². The van der Waals surface area contributed by atoms with E-state index in [1.54, 1.807) is 12.1 Å². The molecule has 110 valence electrons. The fraction of sp³-hybridized carbons (Fsp3) is 0.429. The summed E-state index contributed by atoms with van der Waals surface area (Å²) in [5.74, 6) is -0.966. The van der Waals surface area contributed by atoms with E-state index in [4.69, 9.17) is 9.84 Å². The maximum atomic E-state index is 11.6. The first-order valence-electron chi connectivity index (χ1n) is 6.47. The molecular weight excluding hydrogens is 260 g/mol. The molecule has 0 bridgehead atoms. The van der Waals surface area contributed by atoms with Crippen molar-refractivity contribution in [1.29, 1.82) is 0 Å². The molecule has 20 heavy (non-hydrogen) atoms. The zero-order chi connectivity index (χ0) is 15.0. The highest BCUT2D eigenvalue weighted by atomic mass is 16.5. The average molecular weight is 280 g/mol. The molecule has 0 aliphatic carbocycles. The Kier molecular flexibility index (Phi) is 6.52. The van der Waals surface area contributed by atoms with Gasteiger partial charge in [0, 0.05) is 13.2 Å². The SMILES string of the molecule is CCOC[C@H](C)NC(=O)NCc1ccc(C(=O)O)cc1. The van der Waals surface area contributed by atoms with Crippen LogP contribution in [-0.2, 0) is 11.3 Å². The second-order valence-electron chi connectivity index (χ2n) is 4.39. The lowest BCUT2D eigenvalue weighted by Gasteiger charge is -2.14. The van der Waals surface area contributed by atoms with Crippen molar-refractivity contribution < 1.29 is 19.4 Å². The Morgan fingerprint density at radius 3 is 2.50 bits per heavy atom. The first kappa shape index (κ1) is 16.0. The molecule has 2 amide bonds. The van der Waals surface area contributed by atoms with Crippen LogP contribution < -0.4 is 10.6 Å². The summed E-state index contributed by atoms with van der Waals surface area (Å²) in [7, 11) is 0. The first-order chi connectivity index (χ1) is 9.52. The van der Waals surface area contributed by atoms with Gasteiger partial charge in [-0.1, -0.05) is 12.1 Å². The van der Waals surface area contributed by atoms with Gasteiger partial charge in [0.1, 0.15) is 0 Å². The van der Waals surface area contributed by atoms with Gasteiger partial charge >= 0.3 is 12.0 Å². The van der Waals surface area contributed by atoms with E-state index in [1.807, 2.05) is 13.8 Å². The predicted octanol–water partition coefficient (Wildman–Crippen LogP) is 1.61. The van der Waals surface area contributed by atoms with Gasteiger partial charge in [-0.25, -0.2) is 9.59 Å². The van der Waals surface area contributed by atoms with E-state index >= 15 is 0 Å². The molecule has 1 aromatic rings. The van der Waals surface area contributed by atoms with Crippen LogP contribution in [0.15, 0.2) is 24.3 Å². The lowest BCUT2D eigenvalue weighted by atomic mass is 10.1. The Labute approximate surface area is 118 Å². The highest BCUT2D eigenvalue weighted by molar-refractivity contribution is 5.87. The zero-order valence-electron chi connectivity index (χ0n) is 11.7. The maximum Gasteiger partial charge on any atom is 0.335 e. The van der Waals surface area contributed by atoms with Gasteiger partial charge in [0.2, 0.25) is 0 Å². The summed E-state index contributed by atoms with van der Waals surface area (Å²) >= 11 is 0. The molecule has 0 saturated carbocycles. The van der Waals surface area contributed by atoms with Crippen LogP contribution in [-0.4, -0.2) is 36.4 Å². The van der Waals surface area contributed by atoms with Crippen LogP contribution in [0.5, 0.6) is 0 Å². The first-order valence-corrected chi connectivity index (χ1v) is 6.47. The monoisotopic (exact) mass is 280 g/mol. The van der Waals surface area contributed by atoms with Crippen molar-refractivity contribution in [3.05, 3.63) is 35.4 Å². The number of aromatic carboxylic acids is 1. The van der Waals surface area contributed by atoms with Crippen molar-refractivity contribution in [2.24, 2.45) is 0 Å². The van der Waals surface area contributed by atoms with Gasteiger partial charge in [0.05, 0.1) is 18.2 Å². The second kappa shape index (κ2) is 8.16. The highest BCUT2D eigenvalue weighted by Crippen LogP contribution is 2.04. The molecule has 0 fully saturated rings. The van der Waals surface area contributed by atoms with Gasteiger partial charge in [0.15, 0.2) is 0 Å². The molecule has 1 atom stereocenters. The van der Waals surface area contributed by atoms with Crippen molar-refractivity contribution in [3.8, 4) is 0 Å². The molecule has 6 nitrogen and oxygen atoms in total. The number of hydrogen-bond donors (Lipinski definition) is 3. The van der Waals surface area contributed by atoms with Crippen LogP contribution in [0.25, 0.3) is 0 Å². The van der Waals surface area contributed by atoms with E-state index in [-0.39, 0.29) is 17.6 Å². The minimum absolute atomic E-state index is 0.0654. The quantitative estimate of drug-likeness (QED) is 0.708. The largest absolute Gasteiger partial charge is 0.478 e. The maximum absolute atomic E-state index is 11.6. The average Bonchev–Trinajstić information content (AvgIpc) is 2.43. The number of carbonyl (C=O) groups is 2. The smallest absolute Gasteiger partial charge is 0.335 e. The van der Waals surface area contributed by atoms with Crippen LogP contribution >= 0.6 is 0 Å². The summed E-state index contributed by atoms with van der Waals surface area (Å²) in [6.07, 6.45) is 0. The van der Waals surface area contributed by atoms with Crippen LogP contribution in [0.3, 0.4) is 0 Å². The van der Waals surface area contributed by atoms with Crippen molar-refractivity contribution in [2.45, 2.75) is 26.4 Å². The van der Waals surface area contributed by atoms with E-state index in [0.29, 0.717) is 19.8 Å². The summed E-state index contributed by atoms with van der Waals surface area (Å²) < 4.78 is 5.20. The molecule has 0 unspecified atom stereocenters. The van der Waals surface area contributed by atoms with Crippen molar-refractivity contribution >= 4 is 12.0 Å². The van der Waals surface area contributed by atoms with Crippen molar-refractivity contribution in [3.63, 3.8) is 0 Å². The van der Waals surface area contributed by atoms with Crippen molar-refractivity contribution in [2.75, 3.05) is 13.2 Å². The van der Waals surface area contributed by atoms with Gasteiger partial charge in [0.25, 0.3) is 0 Å². The minimum atomic E-state index is -0.966. The number of carbonyl (C=O) groups excluding carboxylic acids is 1. The molecule has 1 rings (SSSR count). The number of nitrogens with one attached hydrogen (secondary N) is 2. The Morgan fingerprint density at radius 2 is 1.95 bits per heavy atom. The third-order valence-corrected chi connectivity index (χ3v) is 2.60. The summed E-state index contributed by atoms with van der Waals surface area (Å²) in [4.78, 5) is 22.3. The highest BCUT2D eigenvalue weighted by Gasteiger charge is 2.07. The van der Waals surface area contributed by atoms with E-state index < -0.39 is 5.97 Å². The molecule has 0 radical (unpaired) electrons. The molecule has 0 aliphatic heterocycles. The lowest BCUT2D eigenvalue weighted by Crippen LogP contribution is -2.42. The fourth-order valence-electron chi connectivity index (χ4n) is 1.56. The molecule has 3 N–H and O–H groups in total. The number of carboxylic acids is 1. The zero-order valence-corrected chi connectivity index (χ0v) is 11.7. The van der Waals surface area contributed by atoms with E-state index in [9.17, 15) is 9.59 Å². The third-order valence-electron chi connectivity index (χ3n) is 2.60. The van der Waals surface area contributed by atoms with E-state index in [2.05, 4.69) is 10.6 Å². The van der Waals surface area contributed by atoms with Crippen LogP contribution in [0, 0.1) is 0 Å². The Bertz CT molecular complexity index is 445. The lowest BCUT2D eigenvalue weighted by molar-refractivity contribution is 0.0697. The van der Waals surface area contributed by atoms with Gasteiger partial charge < -0.3 is 20.5 Å².